The lowest BCUT2D eigenvalue weighted by atomic mass is 9.42. The van der Waals surface area contributed by atoms with E-state index in [4.69, 9.17) is 9.47 Å². The first-order chi connectivity index (χ1) is 12.5. The van der Waals surface area contributed by atoms with Crippen molar-refractivity contribution in [2.24, 2.45) is 34.5 Å². The summed E-state index contributed by atoms with van der Waals surface area (Å²) in [6.07, 6.45) is 4.64. The zero-order chi connectivity index (χ0) is 19.9. The van der Waals surface area contributed by atoms with Crippen LogP contribution in [-0.4, -0.2) is 18.5 Å². The Bertz CT molecular complexity index is 750. The van der Waals surface area contributed by atoms with E-state index >= 15 is 0 Å². The molecule has 27 heavy (non-hydrogen) atoms. The van der Waals surface area contributed by atoms with E-state index in [1.807, 2.05) is 6.92 Å². The van der Waals surface area contributed by atoms with Crippen molar-refractivity contribution in [3.8, 4) is 0 Å². The van der Waals surface area contributed by atoms with Crippen LogP contribution in [0.3, 0.4) is 0 Å². The summed E-state index contributed by atoms with van der Waals surface area (Å²) in [5.74, 6) is 3.92. The highest BCUT2D eigenvalue weighted by Crippen LogP contribution is 2.68. The van der Waals surface area contributed by atoms with Gasteiger partial charge < -0.3 is 9.47 Å². The minimum Gasteiger partial charge on any atom is -0.500 e. The molecule has 3 fully saturated rings. The standard InChI is InChI=1S/C24H36O3/c1-13(2)16-12-24(10-9-15-11-17(24)22(15,4)5)27-21-18(16)19(25)14(3)20(26-8)23(21,6)7/h13,15-17H,9-12H2,1-8H3/t15-,16-,17+,24+/m0/s1. The van der Waals surface area contributed by atoms with Gasteiger partial charge in [0.25, 0.3) is 0 Å². The Hall–Kier alpha value is -1.25. The molecule has 1 spiro atoms. The van der Waals surface area contributed by atoms with Gasteiger partial charge in [0, 0.05) is 17.1 Å². The molecule has 5 rings (SSSR count). The summed E-state index contributed by atoms with van der Waals surface area (Å²) in [7, 11) is 1.68. The van der Waals surface area contributed by atoms with E-state index in [0.717, 1.165) is 41.4 Å². The van der Waals surface area contributed by atoms with Crippen molar-refractivity contribution in [1.29, 1.82) is 0 Å². The summed E-state index contributed by atoms with van der Waals surface area (Å²) in [5, 5.41) is 0. The maximum absolute atomic E-state index is 13.3. The molecular weight excluding hydrogens is 336 g/mol. The first kappa shape index (κ1) is 19.1. The Morgan fingerprint density at radius 2 is 1.85 bits per heavy atom. The lowest BCUT2D eigenvalue weighted by molar-refractivity contribution is -0.230. The molecule has 2 bridgehead atoms. The van der Waals surface area contributed by atoms with Crippen LogP contribution in [0.4, 0.5) is 0 Å². The number of allylic oxidation sites excluding steroid dienone is 2. The number of rotatable bonds is 2. The Balaban J connectivity index is 1.86. The van der Waals surface area contributed by atoms with E-state index < -0.39 is 5.41 Å². The SMILES string of the molecule is COC1=C(C)C(=O)C2=C(O[C@]3(CC[C@H]4C[C@@H]3C4(C)C)C[C@H]2C(C)C)C1(C)C. The maximum Gasteiger partial charge on any atom is 0.191 e. The summed E-state index contributed by atoms with van der Waals surface area (Å²) in [4.78, 5) is 13.3. The third-order valence-corrected chi connectivity index (χ3v) is 8.58. The molecular formula is C24H36O3. The lowest BCUT2D eigenvalue weighted by Crippen LogP contribution is -2.64. The van der Waals surface area contributed by atoms with Gasteiger partial charge in [-0.1, -0.05) is 27.7 Å². The maximum atomic E-state index is 13.3. The average Bonchev–Trinajstić information content (AvgIpc) is 2.59. The van der Waals surface area contributed by atoms with E-state index in [9.17, 15) is 4.79 Å². The van der Waals surface area contributed by atoms with Crippen LogP contribution in [0.25, 0.3) is 0 Å². The van der Waals surface area contributed by atoms with E-state index in [2.05, 4.69) is 41.5 Å². The molecule has 0 unspecified atom stereocenters. The fraction of sp³-hybridized carbons (Fsp3) is 0.792. The van der Waals surface area contributed by atoms with Crippen LogP contribution in [0.15, 0.2) is 22.7 Å². The quantitative estimate of drug-likeness (QED) is 0.627. The fourth-order valence-corrected chi connectivity index (χ4v) is 6.89. The second kappa shape index (κ2) is 5.64. The largest absolute Gasteiger partial charge is 0.500 e. The van der Waals surface area contributed by atoms with Crippen LogP contribution in [0.5, 0.6) is 0 Å². The van der Waals surface area contributed by atoms with Crippen molar-refractivity contribution in [3.05, 3.63) is 22.7 Å². The van der Waals surface area contributed by atoms with Gasteiger partial charge in [0.05, 0.1) is 12.5 Å². The second-order valence-corrected chi connectivity index (χ2v) is 10.9. The third-order valence-electron chi connectivity index (χ3n) is 8.58. The minimum atomic E-state index is -0.395. The average molecular weight is 373 g/mol. The number of fused-ring (bicyclic) bond motifs is 1. The van der Waals surface area contributed by atoms with Crippen molar-refractivity contribution in [1.82, 2.24) is 0 Å². The number of hydrogen-bond donors (Lipinski definition) is 0. The summed E-state index contributed by atoms with van der Waals surface area (Å²) in [6.45, 7) is 15.6. The Morgan fingerprint density at radius 1 is 1.19 bits per heavy atom. The van der Waals surface area contributed by atoms with Crippen molar-refractivity contribution in [2.45, 2.75) is 79.8 Å². The summed E-state index contributed by atoms with van der Waals surface area (Å²) in [6, 6.07) is 0. The van der Waals surface area contributed by atoms with Gasteiger partial charge in [0.15, 0.2) is 5.78 Å². The van der Waals surface area contributed by atoms with Crippen LogP contribution >= 0.6 is 0 Å². The van der Waals surface area contributed by atoms with Crippen molar-refractivity contribution in [2.75, 3.05) is 7.11 Å². The van der Waals surface area contributed by atoms with E-state index in [1.54, 1.807) is 7.11 Å². The molecule has 0 N–H and O–H groups in total. The molecule has 0 saturated heterocycles. The van der Waals surface area contributed by atoms with Gasteiger partial charge in [-0.2, -0.15) is 0 Å². The van der Waals surface area contributed by atoms with Gasteiger partial charge >= 0.3 is 0 Å². The van der Waals surface area contributed by atoms with Gasteiger partial charge in [-0.3, -0.25) is 4.79 Å². The smallest absolute Gasteiger partial charge is 0.191 e. The molecule has 3 heteroatoms. The molecule has 0 aromatic rings. The van der Waals surface area contributed by atoms with Gasteiger partial charge in [-0.15, -0.1) is 0 Å². The van der Waals surface area contributed by atoms with Gasteiger partial charge in [0.1, 0.15) is 17.1 Å². The molecule has 4 aliphatic carbocycles. The number of methoxy groups -OCH3 is 1. The molecule has 4 atom stereocenters. The number of carbonyl (C=O) groups excluding carboxylic acids is 1. The highest BCUT2D eigenvalue weighted by Gasteiger charge is 2.65. The van der Waals surface area contributed by atoms with E-state index in [1.165, 1.54) is 12.8 Å². The van der Waals surface area contributed by atoms with Gasteiger partial charge in [0.2, 0.25) is 0 Å². The first-order valence-electron chi connectivity index (χ1n) is 10.7. The highest BCUT2D eigenvalue weighted by molar-refractivity contribution is 6.10. The first-order valence-corrected chi connectivity index (χ1v) is 10.7. The van der Waals surface area contributed by atoms with Crippen LogP contribution < -0.4 is 0 Å². The summed E-state index contributed by atoms with van der Waals surface area (Å²) in [5.41, 5.74) is 1.51. The Kier molecular flexibility index (Phi) is 3.99. The van der Waals surface area contributed by atoms with Crippen LogP contribution in [0.2, 0.25) is 0 Å². The monoisotopic (exact) mass is 372 g/mol. The molecule has 0 aromatic heterocycles. The predicted molar refractivity (Wildman–Crippen MR) is 107 cm³/mol. The van der Waals surface area contributed by atoms with Gasteiger partial charge in [-0.25, -0.2) is 0 Å². The third kappa shape index (κ3) is 2.29. The normalized spacial score (nSPS) is 39.3. The molecule has 0 amide bonds. The van der Waals surface area contributed by atoms with E-state index in [-0.39, 0.29) is 17.3 Å². The Morgan fingerprint density at radius 3 is 2.37 bits per heavy atom. The lowest BCUT2D eigenvalue weighted by Gasteiger charge is -2.67. The van der Waals surface area contributed by atoms with Crippen molar-refractivity contribution in [3.63, 3.8) is 0 Å². The Labute approximate surface area is 164 Å². The number of ether oxygens (including phenoxy) is 2. The number of carbonyl (C=O) groups is 1. The number of hydrogen-bond acceptors (Lipinski definition) is 3. The minimum absolute atomic E-state index is 0.117. The molecule has 0 radical (unpaired) electrons. The molecule has 1 heterocycles. The van der Waals surface area contributed by atoms with Crippen LogP contribution in [0.1, 0.15) is 74.1 Å². The summed E-state index contributed by atoms with van der Waals surface area (Å²) >= 11 is 0. The number of Topliss-reactive ketones (excluding diaryl/α,β-unsaturated/α-hetero) is 1. The van der Waals surface area contributed by atoms with Gasteiger partial charge in [-0.05, 0) is 69.6 Å². The predicted octanol–water partition coefficient (Wildman–Crippen LogP) is 5.66. The van der Waals surface area contributed by atoms with Crippen LogP contribution in [-0.2, 0) is 14.3 Å². The molecule has 5 aliphatic rings. The second-order valence-electron chi connectivity index (χ2n) is 10.9. The van der Waals surface area contributed by atoms with Crippen LogP contribution in [0, 0.1) is 34.5 Å². The molecule has 3 saturated carbocycles. The highest BCUT2D eigenvalue weighted by atomic mass is 16.5. The van der Waals surface area contributed by atoms with E-state index in [0.29, 0.717) is 17.3 Å². The topological polar surface area (TPSA) is 35.5 Å². The van der Waals surface area contributed by atoms with Crippen molar-refractivity contribution >= 4 is 5.78 Å². The number of ketones is 1. The zero-order valence-corrected chi connectivity index (χ0v) is 18.4. The molecule has 1 aliphatic heterocycles. The fourth-order valence-electron chi connectivity index (χ4n) is 6.89. The summed E-state index contributed by atoms with van der Waals surface area (Å²) < 4.78 is 12.7. The zero-order valence-electron chi connectivity index (χ0n) is 18.4. The molecule has 3 nitrogen and oxygen atoms in total. The molecule has 150 valence electrons. The molecule has 0 aromatic carbocycles. The van der Waals surface area contributed by atoms with Crippen molar-refractivity contribution < 1.29 is 14.3 Å².